The Bertz CT molecular complexity index is 404. The third-order valence-electron chi connectivity index (χ3n) is 2.98. The van der Waals surface area contributed by atoms with Crippen molar-refractivity contribution >= 4 is 5.90 Å². The second kappa shape index (κ2) is 3.07. The maximum absolute atomic E-state index is 9.89. The molecule has 3 rings (SSSR count). The molecule has 3 nitrogen and oxygen atoms in total. The van der Waals surface area contributed by atoms with Gasteiger partial charge in [0.1, 0.15) is 6.61 Å². The average Bonchev–Trinajstić information content (AvgIpc) is 2.84. The van der Waals surface area contributed by atoms with E-state index in [-0.39, 0.29) is 0 Å². The van der Waals surface area contributed by atoms with Crippen LogP contribution in [0.3, 0.4) is 0 Å². The van der Waals surface area contributed by atoms with Crippen molar-refractivity contribution < 1.29 is 9.84 Å². The standard InChI is InChI=1S/C12H13NO2/c14-12(5-6-12)10-3-1-9(2-4-10)11-13-7-8-15-11/h1-4,14H,5-8H2. The molecule has 78 valence electrons. The molecular weight excluding hydrogens is 190 g/mol. The van der Waals surface area contributed by atoms with Gasteiger partial charge in [-0.1, -0.05) is 12.1 Å². The molecule has 15 heavy (non-hydrogen) atoms. The van der Waals surface area contributed by atoms with Crippen LogP contribution in [0.2, 0.25) is 0 Å². The molecule has 1 N–H and O–H groups in total. The fourth-order valence-corrected chi connectivity index (χ4v) is 1.84. The van der Waals surface area contributed by atoms with Crippen molar-refractivity contribution in [3.8, 4) is 0 Å². The van der Waals surface area contributed by atoms with Crippen LogP contribution >= 0.6 is 0 Å². The number of ether oxygens (including phenoxy) is 1. The average molecular weight is 203 g/mol. The number of benzene rings is 1. The van der Waals surface area contributed by atoms with Crippen molar-refractivity contribution in [3.05, 3.63) is 35.4 Å². The molecule has 3 heteroatoms. The van der Waals surface area contributed by atoms with Gasteiger partial charge in [-0.25, -0.2) is 4.99 Å². The van der Waals surface area contributed by atoms with Crippen molar-refractivity contribution in [1.82, 2.24) is 0 Å². The molecule has 1 heterocycles. The first-order valence-electron chi connectivity index (χ1n) is 5.28. The number of aliphatic imine (C=N–C) groups is 1. The largest absolute Gasteiger partial charge is 0.476 e. The lowest BCUT2D eigenvalue weighted by molar-refractivity contribution is 0.151. The fourth-order valence-electron chi connectivity index (χ4n) is 1.84. The molecule has 1 saturated carbocycles. The molecule has 1 aliphatic carbocycles. The Morgan fingerprint density at radius 3 is 2.47 bits per heavy atom. The lowest BCUT2D eigenvalue weighted by Gasteiger charge is -2.08. The highest BCUT2D eigenvalue weighted by atomic mass is 16.5. The van der Waals surface area contributed by atoms with Gasteiger partial charge >= 0.3 is 0 Å². The molecule has 0 saturated heterocycles. The Kier molecular flexibility index (Phi) is 1.83. The van der Waals surface area contributed by atoms with Crippen LogP contribution in [-0.2, 0) is 10.3 Å². The van der Waals surface area contributed by atoms with Crippen molar-refractivity contribution in [2.45, 2.75) is 18.4 Å². The second-order valence-electron chi connectivity index (χ2n) is 4.14. The summed E-state index contributed by atoms with van der Waals surface area (Å²) < 4.78 is 5.37. The van der Waals surface area contributed by atoms with Crippen molar-refractivity contribution in [2.24, 2.45) is 4.99 Å². The third-order valence-corrected chi connectivity index (χ3v) is 2.98. The zero-order chi connectivity index (χ0) is 10.3. The topological polar surface area (TPSA) is 41.8 Å². The third kappa shape index (κ3) is 1.53. The molecule has 0 spiro atoms. The van der Waals surface area contributed by atoms with E-state index in [1.54, 1.807) is 0 Å². The zero-order valence-electron chi connectivity index (χ0n) is 8.44. The van der Waals surface area contributed by atoms with E-state index in [0.29, 0.717) is 6.61 Å². The molecule has 0 aromatic heterocycles. The van der Waals surface area contributed by atoms with Crippen LogP contribution in [0.4, 0.5) is 0 Å². The van der Waals surface area contributed by atoms with Gasteiger partial charge in [0.25, 0.3) is 0 Å². The van der Waals surface area contributed by atoms with Gasteiger partial charge in [-0.05, 0) is 30.5 Å². The van der Waals surface area contributed by atoms with Crippen molar-refractivity contribution in [2.75, 3.05) is 13.2 Å². The van der Waals surface area contributed by atoms with E-state index >= 15 is 0 Å². The number of aliphatic hydroxyl groups is 1. The van der Waals surface area contributed by atoms with Gasteiger partial charge in [0.2, 0.25) is 5.90 Å². The van der Waals surface area contributed by atoms with Crippen LogP contribution in [0.25, 0.3) is 0 Å². The minimum absolute atomic E-state index is 0.545. The smallest absolute Gasteiger partial charge is 0.216 e. The fraction of sp³-hybridized carbons (Fsp3) is 0.417. The second-order valence-corrected chi connectivity index (χ2v) is 4.14. The van der Waals surface area contributed by atoms with Gasteiger partial charge in [0.05, 0.1) is 12.1 Å². The first-order chi connectivity index (χ1) is 7.28. The van der Waals surface area contributed by atoms with E-state index < -0.39 is 5.60 Å². The Morgan fingerprint density at radius 2 is 1.93 bits per heavy atom. The van der Waals surface area contributed by atoms with Gasteiger partial charge in [0, 0.05) is 5.56 Å². The highest BCUT2D eigenvalue weighted by Gasteiger charge is 2.41. The van der Waals surface area contributed by atoms with E-state index in [0.717, 1.165) is 36.4 Å². The monoisotopic (exact) mass is 203 g/mol. The molecule has 1 aromatic rings. The first-order valence-corrected chi connectivity index (χ1v) is 5.28. The minimum atomic E-state index is -0.545. The summed E-state index contributed by atoms with van der Waals surface area (Å²) in [7, 11) is 0. The van der Waals surface area contributed by atoms with E-state index in [4.69, 9.17) is 4.74 Å². The summed E-state index contributed by atoms with van der Waals surface area (Å²) in [5, 5.41) is 9.89. The molecule has 2 aliphatic rings. The number of rotatable bonds is 2. The molecule has 0 radical (unpaired) electrons. The normalized spacial score (nSPS) is 22.1. The maximum Gasteiger partial charge on any atom is 0.216 e. The molecule has 1 aromatic carbocycles. The number of hydrogen-bond acceptors (Lipinski definition) is 3. The summed E-state index contributed by atoms with van der Waals surface area (Å²) in [5.74, 6) is 0.726. The Balaban J connectivity index is 1.87. The van der Waals surface area contributed by atoms with Crippen LogP contribution in [0.5, 0.6) is 0 Å². The van der Waals surface area contributed by atoms with Crippen molar-refractivity contribution in [1.29, 1.82) is 0 Å². The van der Waals surface area contributed by atoms with Crippen LogP contribution in [-0.4, -0.2) is 24.2 Å². The van der Waals surface area contributed by atoms with Crippen LogP contribution < -0.4 is 0 Å². The predicted molar refractivity (Wildman–Crippen MR) is 56.9 cm³/mol. The van der Waals surface area contributed by atoms with Crippen LogP contribution in [0.1, 0.15) is 24.0 Å². The molecule has 0 atom stereocenters. The van der Waals surface area contributed by atoms with Crippen LogP contribution in [0.15, 0.2) is 29.3 Å². The van der Waals surface area contributed by atoms with Gasteiger partial charge < -0.3 is 9.84 Å². The van der Waals surface area contributed by atoms with Crippen LogP contribution in [0, 0.1) is 0 Å². The quantitative estimate of drug-likeness (QED) is 0.790. The highest BCUT2D eigenvalue weighted by molar-refractivity contribution is 5.94. The molecular formula is C12H13NO2. The lowest BCUT2D eigenvalue weighted by atomic mass is 10.1. The van der Waals surface area contributed by atoms with Gasteiger partial charge in [0.15, 0.2) is 0 Å². The van der Waals surface area contributed by atoms with E-state index in [1.165, 1.54) is 0 Å². The zero-order valence-corrected chi connectivity index (χ0v) is 8.44. The molecule has 0 amide bonds. The number of hydrogen-bond donors (Lipinski definition) is 1. The van der Waals surface area contributed by atoms with Crippen molar-refractivity contribution in [3.63, 3.8) is 0 Å². The minimum Gasteiger partial charge on any atom is -0.476 e. The Hall–Kier alpha value is -1.35. The molecule has 0 bridgehead atoms. The summed E-state index contributed by atoms with van der Waals surface area (Å²) in [4.78, 5) is 4.25. The SMILES string of the molecule is OC1(c2ccc(C3=NCCO3)cc2)CC1. The maximum atomic E-state index is 9.89. The van der Waals surface area contributed by atoms with E-state index in [2.05, 4.69) is 4.99 Å². The lowest BCUT2D eigenvalue weighted by Crippen LogP contribution is -2.06. The van der Waals surface area contributed by atoms with Gasteiger partial charge in [-0.3, -0.25) is 0 Å². The Labute approximate surface area is 88.4 Å². The Morgan fingerprint density at radius 1 is 1.20 bits per heavy atom. The van der Waals surface area contributed by atoms with Gasteiger partial charge in [-0.2, -0.15) is 0 Å². The summed E-state index contributed by atoms with van der Waals surface area (Å²) >= 11 is 0. The molecule has 1 aliphatic heterocycles. The summed E-state index contributed by atoms with van der Waals surface area (Å²) in [6.07, 6.45) is 1.76. The van der Waals surface area contributed by atoms with Gasteiger partial charge in [-0.15, -0.1) is 0 Å². The predicted octanol–water partition coefficient (Wildman–Crippen LogP) is 1.44. The molecule has 1 fully saturated rings. The number of nitrogens with zero attached hydrogens (tertiary/aromatic N) is 1. The van der Waals surface area contributed by atoms with E-state index in [9.17, 15) is 5.11 Å². The highest BCUT2D eigenvalue weighted by Crippen LogP contribution is 2.45. The summed E-state index contributed by atoms with van der Waals surface area (Å²) in [6.45, 7) is 1.43. The first kappa shape index (κ1) is 8.92. The summed E-state index contributed by atoms with van der Waals surface area (Å²) in [5.41, 5.74) is 1.46. The molecule has 0 unspecified atom stereocenters. The van der Waals surface area contributed by atoms with E-state index in [1.807, 2.05) is 24.3 Å². The summed E-state index contributed by atoms with van der Waals surface area (Å²) in [6, 6.07) is 7.87.